The molecule has 2 fully saturated rings. The van der Waals surface area contributed by atoms with E-state index < -0.39 is 0 Å². The topological polar surface area (TPSA) is 46.6 Å². The molecule has 0 amide bonds. The van der Waals surface area contributed by atoms with E-state index in [4.69, 9.17) is 4.74 Å². The van der Waals surface area contributed by atoms with E-state index in [-0.39, 0.29) is 29.8 Å². The molecule has 4 atom stereocenters. The highest BCUT2D eigenvalue weighted by molar-refractivity contribution is 5.90. The van der Waals surface area contributed by atoms with Crippen LogP contribution in [0.5, 0.6) is 0 Å². The van der Waals surface area contributed by atoms with Crippen molar-refractivity contribution in [1.29, 1.82) is 0 Å². The van der Waals surface area contributed by atoms with Crippen LogP contribution in [0.25, 0.3) is 0 Å². The van der Waals surface area contributed by atoms with Crippen LogP contribution < -0.4 is 0 Å². The number of ketones is 1. The summed E-state index contributed by atoms with van der Waals surface area (Å²) in [4.78, 5) is 26.6. The van der Waals surface area contributed by atoms with Gasteiger partial charge in [-0.2, -0.15) is 0 Å². The molecule has 1 aromatic rings. The largest absolute Gasteiger partial charge is 0.458 e. The number of hydrogen-bond donors (Lipinski definition) is 0. The average molecular weight is 287 g/mol. The van der Waals surface area contributed by atoms with Crippen molar-refractivity contribution in [3.8, 4) is 0 Å². The summed E-state index contributed by atoms with van der Waals surface area (Å²) >= 11 is 0. The zero-order chi connectivity index (χ0) is 15.0. The molecule has 0 N–H and O–H groups in total. The van der Waals surface area contributed by atoms with Crippen LogP contribution in [-0.2, 0) is 9.53 Å². The van der Waals surface area contributed by atoms with Gasteiger partial charge in [0.25, 0.3) is 0 Å². The Morgan fingerprint density at radius 1 is 1.19 bits per heavy atom. The van der Waals surface area contributed by atoms with Gasteiger partial charge in [-0.05, 0) is 38.9 Å². The van der Waals surface area contributed by atoms with Crippen molar-refractivity contribution in [2.45, 2.75) is 44.4 Å². The predicted molar refractivity (Wildman–Crippen MR) is 79.0 cm³/mol. The van der Waals surface area contributed by atoms with Crippen LogP contribution in [0.1, 0.15) is 36.5 Å². The van der Waals surface area contributed by atoms with Crippen molar-refractivity contribution in [1.82, 2.24) is 4.90 Å². The van der Waals surface area contributed by atoms with Gasteiger partial charge in [-0.25, -0.2) is 4.79 Å². The molecule has 2 heterocycles. The van der Waals surface area contributed by atoms with Gasteiger partial charge in [0.15, 0.2) is 0 Å². The lowest BCUT2D eigenvalue weighted by molar-refractivity contribution is -0.130. The molecule has 0 aliphatic carbocycles. The predicted octanol–water partition coefficient (Wildman–Crippen LogP) is 2.28. The third-order valence-corrected chi connectivity index (χ3v) is 4.95. The highest BCUT2D eigenvalue weighted by atomic mass is 16.5. The maximum absolute atomic E-state index is 12.2. The Morgan fingerprint density at radius 2 is 1.90 bits per heavy atom. The lowest BCUT2D eigenvalue weighted by atomic mass is 9.85. The third-order valence-electron chi connectivity index (χ3n) is 4.95. The highest BCUT2D eigenvalue weighted by Crippen LogP contribution is 2.40. The first-order valence-corrected chi connectivity index (χ1v) is 7.56. The molecule has 0 aromatic heterocycles. The van der Waals surface area contributed by atoms with Gasteiger partial charge in [0.2, 0.25) is 0 Å². The zero-order valence-corrected chi connectivity index (χ0v) is 12.5. The van der Waals surface area contributed by atoms with Gasteiger partial charge in [-0.1, -0.05) is 18.2 Å². The van der Waals surface area contributed by atoms with Crippen molar-refractivity contribution in [2.24, 2.45) is 5.92 Å². The third kappa shape index (κ3) is 2.60. The summed E-state index contributed by atoms with van der Waals surface area (Å²) in [5, 5.41) is 0. The van der Waals surface area contributed by atoms with Crippen LogP contribution in [0.2, 0.25) is 0 Å². The van der Waals surface area contributed by atoms with E-state index in [9.17, 15) is 9.59 Å². The van der Waals surface area contributed by atoms with E-state index in [1.165, 1.54) is 0 Å². The van der Waals surface area contributed by atoms with Gasteiger partial charge in [0.05, 0.1) is 11.5 Å². The van der Waals surface area contributed by atoms with Gasteiger partial charge in [0.1, 0.15) is 11.9 Å². The van der Waals surface area contributed by atoms with E-state index in [1.807, 2.05) is 18.2 Å². The van der Waals surface area contributed by atoms with Crippen LogP contribution in [0.4, 0.5) is 0 Å². The Kier molecular flexibility index (Phi) is 3.81. The maximum Gasteiger partial charge on any atom is 0.338 e. The standard InChI is InChI=1S/C17H21NO3/c1-11(19)16-14-9-8-13(18(14)2)10-15(16)21-17(20)12-6-4-3-5-7-12/h3-7,13-16H,8-10H2,1-2H3/t13-,14+,15-,16+/m0/s1. The van der Waals surface area contributed by atoms with Crippen molar-refractivity contribution < 1.29 is 14.3 Å². The molecule has 112 valence electrons. The number of carbonyl (C=O) groups is 2. The summed E-state index contributed by atoms with van der Waals surface area (Å²) < 4.78 is 5.69. The molecule has 1 aromatic carbocycles. The first kappa shape index (κ1) is 14.3. The normalized spacial score (nSPS) is 31.9. The number of carbonyl (C=O) groups excluding carboxylic acids is 2. The summed E-state index contributed by atoms with van der Waals surface area (Å²) in [6.45, 7) is 1.61. The fourth-order valence-electron chi connectivity index (χ4n) is 3.85. The monoisotopic (exact) mass is 287 g/mol. The summed E-state index contributed by atoms with van der Waals surface area (Å²) in [5.41, 5.74) is 0.547. The Balaban J connectivity index is 1.78. The Labute approximate surface area is 125 Å². The number of nitrogens with zero attached hydrogens (tertiary/aromatic N) is 1. The number of rotatable bonds is 3. The van der Waals surface area contributed by atoms with E-state index in [2.05, 4.69) is 11.9 Å². The number of benzene rings is 1. The Morgan fingerprint density at radius 3 is 2.57 bits per heavy atom. The molecule has 21 heavy (non-hydrogen) atoms. The van der Waals surface area contributed by atoms with Crippen molar-refractivity contribution >= 4 is 11.8 Å². The van der Waals surface area contributed by atoms with Crippen LogP contribution in [0.3, 0.4) is 0 Å². The highest BCUT2D eigenvalue weighted by Gasteiger charge is 2.49. The minimum Gasteiger partial charge on any atom is -0.458 e. The number of esters is 1. The molecule has 0 unspecified atom stereocenters. The van der Waals surface area contributed by atoms with E-state index in [0.29, 0.717) is 11.6 Å². The number of piperidine rings is 1. The van der Waals surface area contributed by atoms with Gasteiger partial charge in [-0.3, -0.25) is 9.69 Å². The van der Waals surface area contributed by atoms with E-state index in [1.54, 1.807) is 19.1 Å². The zero-order valence-electron chi connectivity index (χ0n) is 12.5. The fourth-order valence-corrected chi connectivity index (χ4v) is 3.85. The quantitative estimate of drug-likeness (QED) is 0.800. The molecular weight excluding hydrogens is 266 g/mol. The number of hydrogen-bond acceptors (Lipinski definition) is 4. The molecule has 4 nitrogen and oxygen atoms in total. The minimum absolute atomic E-state index is 0.123. The molecular formula is C17H21NO3. The summed E-state index contributed by atoms with van der Waals surface area (Å²) in [7, 11) is 2.08. The molecule has 2 saturated heterocycles. The lowest BCUT2D eigenvalue weighted by Gasteiger charge is -2.41. The van der Waals surface area contributed by atoms with Crippen LogP contribution in [0, 0.1) is 5.92 Å². The SMILES string of the molecule is CC(=O)[C@H]1[C@@H](OC(=O)c2ccccc2)C[C@@H]2CC[C@H]1N2C. The van der Waals surface area contributed by atoms with Crippen molar-refractivity contribution in [2.75, 3.05) is 7.05 Å². The molecule has 0 radical (unpaired) electrons. The maximum atomic E-state index is 12.2. The fraction of sp³-hybridized carbons (Fsp3) is 0.529. The molecule has 0 saturated carbocycles. The first-order chi connectivity index (χ1) is 10.1. The van der Waals surface area contributed by atoms with Gasteiger partial charge < -0.3 is 4.74 Å². The molecule has 2 aliphatic rings. The van der Waals surface area contributed by atoms with Crippen molar-refractivity contribution in [3.63, 3.8) is 0 Å². The van der Waals surface area contributed by atoms with Crippen LogP contribution in [0.15, 0.2) is 30.3 Å². The van der Waals surface area contributed by atoms with Gasteiger partial charge in [0, 0.05) is 18.5 Å². The van der Waals surface area contributed by atoms with Gasteiger partial charge in [-0.15, -0.1) is 0 Å². The number of Topliss-reactive ketones (excluding diaryl/α,β-unsaturated/α-hetero) is 1. The Hall–Kier alpha value is -1.68. The van der Waals surface area contributed by atoms with E-state index >= 15 is 0 Å². The molecule has 2 bridgehead atoms. The number of ether oxygens (including phenoxy) is 1. The minimum atomic E-state index is -0.323. The first-order valence-electron chi connectivity index (χ1n) is 7.56. The molecule has 2 aliphatic heterocycles. The second kappa shape index (κ2) is 5.60. The van der Waals surface area contributed by atoms with Gasteiger partial charge >= 0.3 is 5.97 Å². The van der Waals surface area contributed by atoms with Crippen molar-refractivity contribution in [3.05, 3.63) is 35.9 Å². The summed E-state index contributed by atoms with van der Waals surface area (Å²) in [6.07, 6.45) is 2.58. The summed E-state index contributed by atoms with van der Waals surface area (Å²) in [6, 6.07) is 9.64. The second-order valence-electron chi connectivity index (χ2n) is 6.15. The molecule has 3 rings (SSSR count). The molecule has 0 spiro atoms. The van der Waals surface area contributed by atoms with E-state index in [0.717, 1.165) is 19.3 Å². The lowest BCUT2D eigenvalue weighted by Crippen LogP contribution is -2.52. The second-order valence-corrected chi connectivity index (χ2v) is 6.15. The summed E-state index contributed by atoms with van der Waals surface area (Å²) in [5.74, 6) is -0.393. The smallest absolute Gasteiger partial charge is 0.338 e. The molecule has 4 heteroatoms. The van der Waals surface area contributed by atoms with Crippen LogP contribution in [-0.4, -0.2) is 41.9 Å². The average Bonchev–Trinajstić information content (AvgIpc) is 2.72. The van der Waals surface area contributed by atoms with Crippen LogP contribution >= 0.6 is 0 Å². The number of fused-ring (bicyclic) bond motifs is 2. The Bertz CT molecular complexity index is 542.